The van der Waals surface area contributed by atoms with E-state index in [-0.39, 0.29) is 0 Å². The highest BCUT2D eigenvalue weighted by Crippen LogP contribution is 2.21. The summed E-state index contributed by atoms with van der Waals surface area (Å²) in [5.41, 5.74) is 0. The van der Waals surface area contributed by atoms with Crippen molar-refractivity contribution >= 4 is 11.8 Å². The van der Waals surface area contributed by atoms with Crippen LogP contribution >= 0.6 is 11.8 Å². The van der Waals surface area contributed by atoms with Crippen molar-refractivity contribution in [1.82, 2.24) is 0 Å². The van der Waals surface area contributed by atoms with Crippen molar-refractivity contribution in [2.24, 2.45) is 0 Å². The summed E-state index contributed by atoms with van der Waals surface area (Å²) in [6.45, 7) is 2.83. The smallest absolute Gasteiger partial charge is 0.0966 e. The van der Waals surface area contributed by atoms with E-state index in [2.05, 4.69) is 18.2 Å². The van der Waals surface area contributed by atoms with Crippen LogP contribution in [-0.2, 0) is 4.74 Å². The lowest BCUT2D eigenvalue weighted by atomic mass is 10.2. The highest BCUT2D eigenvalue weighted by atomic mass is 32.2. The van der Waals surface area contributed by atoms with E-state index in [0.29, 0.717) is 0 Å². The van der Waals surface area contributed by atoms with Gasteiger partial charge in [-0.15, -0.1) is 0 Å². The van der Waals surface area contributed by atoms with Crippen molar-refractivity contribution in [3.05, 3.63) is 23.1 Å². The van der Waals surface area contributed by atoms with Gasteiger partial charge in [-0.2, -0.15) is 0 Å². The monoisotopic (exact) mass is 170 g/mol. The molecule has 0 heterocycles. The maximum atomic E-state index is 5.22. The molecule has 1 aliphatic carbocycles. The lowest BCUT2D eigenvalue weighted by molar-refractivity contribution is 0.199. The van der Waals surface area contributed by atoms with E-state index in [9.17, 15) is 0 Å². The number of rotatable bonds is 4. The third-order valence-corrected chi connectivity index (χ3v) is 2.39. The zero-order chi connectivity index (χ0) is 7.94. The van der Waals surface area contributed by atoms with Gasteiger partial charge in [-0.1, -0.05) is 30.0 Å². The SMILES string of the molecule is CCOCSC1=CCCC=C1. The molecule has 1 nitrogen and oxygen atoms in total. The molecule has 0 atom stereocenters. The predicted molar refractivity (Wildman–Crippen MR) is 50.5 cm³/mol. The van der Waals surface area contributed by atoms with E-state index < -0.39 is 0 Å². The van der Waals surface area contributed by atoms with Gasteiger partial charge in [0.05, 0.1) is 5.94 Å². The molecule has 1 rings (SSSR count). The summed E-state index contributed by atoms with van der Waals surface area (Å²) in [6, 6.07) is 0. The minimum atomic E-state index is 0.784. The van der Waals surface area contributed by atoms with Gasteiger partial charge in [0.25, 0.3) is 0 Å². The van der Waals surface area contributed by atoms with Gasteiger partial charge in [0.15, 0.2) is 0 Å². The van der Waals surface area contributed by atoms with E-state index in [1.165, 1.54) is 17.7 Å². The molecule has 0 saturated heterocycles. The molecule has 0 radical (unpaired) electrons. The van der Waals surface area contributed by atoms with Crippen LogP contribution in [0.4, 0.5) is 0 Å². The lowest BCUT2D eigenvalue weighted by Gasteiger charge is -2.05. The Balaban J connectivity index is 2.15. The minimum absolute atomic E-state index is 0.784. The van der Waals surface area contributed by atoms with Crippen LogP contribution in [0.25, 0.3) is 0 Å². The first kappa shape index (κ1) is 8.88. The maximum absolute atomic E-state index is 5.22. The van der Waals surface area contributed by atoms with Crippen molar-refractivity contribution < 1.29 is 4.74 Å². The first-order chi connectivity index (χ1) is 5.43. The van der Waals surface area contributed by atoms with Crippen molar-refractivity contribution in [3.63, 3.8) is 0 Å². The Morgan fingerprint density at radius 3 is 3.09 bits per heavy atom. The second kappa shape index (κ2) is 5.44. The maximum Gasteiger partial charge on any atom is 0.0966 e. The number of hydrogen-bond acceptors (Lipinski definition) is 2. The summed E-state index contributed by atoms with van der Waals surface area (Å²) in [4.78, 5) is 1.35. The van der Waals surface area contributed by atoms with Crippen molar-refractivity contribution in [1.29, 1.82) is 0 Å². The average Bonchev–Trinajstić information content (AvgIpc) is 2.07. The van der Waals surface area contributed by atoms with Crippen LogP contribution < -0.4 is 0 Å². The molecule has 0 amide bonds. The molecule has 0 fully saturated rings. The van der Waals surface area contributed by atoms with Crippen LogP contribution in [-0.4, -0.2) is 12.5 Å². The molecule has 62 valence electrons. The van der Waals surface area contributed by atoms with E-state index in [0.717, 1.165) is 12.5 Å². The second-order valence-corrected chi connectivity index (χ2v) is 3.34. The van der Waals surface area contributed by atoms with Crippen LogP contribution in [0.1, 0.15) is 19.8 Å². The fourth-order valence-corrected chi connectivity index (χ4v) is 1.70. The van der Waals surface area contributed by atoms with Gasteiger partial charge < -0.3 is 4.74 Å². The summed E-state index contributed by atoms with van der Waals surface area (Å²) >= 11 is 1.77. The molecule has 0 unspecified atom stereocenters. The molecule has 0 saturated carbocycles. The molecule has 0 spiro atoms. The molecule has 0 aliphatic heterocycles. The standard InChI is InChI=1S/C9H14OS/c1-2-10-8-11-9-6-4-3-5-7-9/h4,6-7H,2-3,5,8H2,1H3. The van der Waals surface area contributed by atoms with Gasteiger partial charge in [-0.25, -0.2) is 0 Å². The Bertz CT molecular complexity index is 161. The summed E-state index contributed by atoms with van der Waals surface area (Å²) in [5.74, 6) is 0.784. The van der Waals surface area contributed by atoms with E-state index in [1.807, 2.05) is 6.92 Å². The highest BCUT2D eigenvalue weighted by Gasteiger charge is 1.96. The third-order valence-electron chi connectivity index (χ3n) is 1.47. The molecule has 0 aromatic rings. The fourth-order valence-electron chi connectivity index (χ4n) is 0.889. The zero-order valence-corrected chi connectivity index (χ0v) is 7.69. The van der Waals surface area contributed by atoms with Crippen LogP contribution in [0.5, 0.6) is 0 Å². The second-order valence-electron chi connectivity index (χ2n) is 2.34. The number of thioether (sulfide) groups is 1. The van der Waals surface area contributed by atoms with Gasteiger partial charge in [0, 0.05) is 11.5 Å². The van der Waals surface area contributed by atoms with Gasteiger partial charge in [-0.3, -0.25) is 0 Å². The van der Waals surface area contributed by atoms with E-state index >= 15 is 0 Å². The quantitative estimate of drug-likeness (QED) is 0.474. The Kier molecular flexibility index (Phi) is 4.39. The minimum Gasteiger partial charge on any atom is -0.371 e. The number of allylic oxidation sites excluding steroid dienone is 3. The summed E-state index contributed by atoms with van der Waals surface area (Å²) < 4.78 is 5.22. The van der Waals surface area contributed by atoms with Gasteiger partial charge >= 0.3 is 0 Å². The molecule has 2 heteroatoms. The molecule has 1 aliphatic rings. The molecular weight excluding hydrogens is 156 g/mol. The molecule has 0 aromatic carbocycles. The first-order valence-corrected chi connectivity index (χ1v) is 4.99. The van der Waals surface area contributed by atoms with Crippen LogP contribution in [0.2, 0.25) is 0 Å². The Morgan fingerprint density at radius 2 is 2.45 bits per heavy atom. The zero-order valence-electron chi connectivity index (χ0n) is 6.88. The summed E-state index contributed by atoms with van der Waals surface area (Å²) in [5, 5.41) is 0. The van der Waals surface area contributed by atoms with E-state index in [1.54, 1.807) is 11.8 Å². The molecule has 0 aromatic heterocycles. The number of hydrogen-bond donors (Lipinski definition) is 0. The summed E-state index contributed by atoms with van der Waals surface area (Å²) in [6.07, 6.45) is 9.04. The van der Waals surface area contributed by atoms with Crippen molar-refractivity contribution in [3.8, 4) is 0 Å². The average molecular weight is 170 g/mol. The highest BCUT2D eigenvalue weighted by molar-refractivity contribution is 8.03. The predicted octanol–water partition coefficient (Wildman–Crippen LogP) is 2.95. The van der Waals surface area contributed by atoms with Crippen LogP contribution in [0, 0.1) is 0 Å². The van der Waals surface area contributed by atoms with Gasteiger partial charge in [-0.05, 0) is 19.8 Å². The first-order valence-electron chi connectivity index (χ1n) is 4.00. The van der Waals surface area contributed by atoms with Crippen molar-refractivity contribution in [2.45, 2.75) is 19.8 Å². The Hall–Kier alpha value is -0.210. The summed E-state index contributed by atoms with van der Waals surface area (Å²) in [7, 11) is 0. The van der Waals surface area contributed by atoms with Crippen LogP contribution in [0.3, 0.4) is 0 Å². The molecule has 0 bridgehead atoms. The van der Waals surface area contributed by atoms with Crippen LogP contribution in [0.15, 0.2) is 23.1 Å². The van der Waals surface area contributed by atoms with Crippen molar-refractivity contribution in [2.75, 3.05) is 12.5 Å². The molecular formula is C9H14OS. The fraction of sp³-hybridized carbons (Fsp3) is 0.556. The van der Waals surface area contributed by atoms with E-state index in [4.69, 9.17) is 4.74 Å². The lowest BCUT2D eigenvalue weighted by Crippen LogP contribution is -1.89. The molecule has 0 N–H and O–H groups in total. The normalized spacial score (nSPS) is 16.6. The largest absolute Gasteiger partial charge is 0.371 e. The number of ether oxygens (including phenoxy) is 1. The molecule has 11 heavy (non-hydrogen) atoms. The van der Waals surface area contributed by atoms with Gasteiger partial charge in [0.1, 0.15) is 0 Å². The van der Waals surface area contributed by atoms with Gasteiger partial charge in [0.2, 0.25) is 0 Å². The Morgan fingerprint density at radius 1 is 1.55 bits per heavy atom. The topological polar surface area (TPSA) is 9.23 Å². The Labute approximate surface area is 72.5 Å². The third kappa shape index (κ3) is 3.63.